The van der Waals surface area contributed by atoms with Gasteiger partial charge in [-0.2, -0.15) is 0 Å². The summed E-state index contributed by atoms with van der Waals surface area (Å²) < 4.78 is 5.88. The van der Waals surface area contributed by atoms with E-state index in [1.54, 1.807) is 0 Å². The molecule has 0 aliphatic carbocycles. The van der Waals surface area contributed by atoms with E-state index in [-0.39, 0.29) is 0 Å². The maximum absolute atomic E-state index is 5.88. The fraction of sp³-hybridized carbons (Fsp3) is 0.400. The van der Waals surface area contributed by atoms with Crippen molar-refractivity contribution < 1.29 is 4.74 Å². The number of benzene rings is 2. The number of unbranched alkanes of at least 4 members (excludes halogenated alkanes) is 5. The topological polar surface area (TPSA) is 9.23 Å². The molecule has 0 saturated heterocycles. The molecule has 112 valence electrons. The van der Waals surface area contributed by atoms with Crippen LogP contribution in [0, 0.1) is 0 Å². The van der Waals surface area contributed by atoms with Gasteiger partial charge in [-0.3, -0.25) is 0 Å². The van der Waals surface area contributed by atoms with Gasteiger partial charge in [0.1, 0.15) is 11.5 Å². The third kappa shape index (κ3) is 6.03. The van der Waals surface area contributed by atoms with Gasteiger partial charge in [-0.15, -0.1) is 0 Å². The lowest BCUT2D eigenvalue weighted by molar-refractivity contribution is 0.481. The quantitative estimate of drug-likeness (QED) is 0.485. The highest BCUT2D eigenvalue weighted by atomic mass is 16.5. The molecular weight excluding hydrogens is 256 g/mol. The van der Waals surface area contributed by atoms with Gasteiger partial charge < -0.3 is 4.74 Å². The number of aryl methyl sites for hydroxylation is 1. The van der Waals surface area contributed by atoms with E-state index >= 15 is 0 Å². The van der Waals surface area contributed by atoms with Crippen molar-refractivity contribution in [2.45, 2.75) is 51.9 Å². The molecule has 1 nitrogen and oxygen atoms in total. The molecule has 0 atom stereocenters. The average molecular weight is 282 g/mol. The molecule has 2 aromatic rings. The summed E-state index contributed by atoms with van der Waals surface area (Å²) in [6.45, 7) is 2.26. The zero-order valence-electron chi connectivity index (χ0n) is 13.1. The first-order valence-corrected chi connectivity index (χ1v) is 8.20. The lowest BCUT2D eigenvalue weighted by Crippen LogP contribution is -1.89. The van der Waals surface area contributed by atoms with Crippen molar-refractivity contribution in [2.75, 3.05) is 0 Å². The Morgan fingerprint density at radius 3 is 2.24 bits per heavy atom. The molecule has 0 bridgehead atoms. The number of rotatable bonds is 9. The maximum Gasteiger partial charge on any atom is 0.127 e. The fourth-order valence-electron chi connectivity index (χ4n) is 2.50. The predicted molar refractivity (Wildman–Crippen MR) is 90.0 cm³/mol. The van der Waals surface area contributed by atoms with E-state index in [1.165, 1.54) is 44.1 Å². The molecule has 21 heavy (non-hydrogen) atoms. The van der Waals surface area contributed by atoms with Crippen LogP contribution in [0.2, 0.25) is 0 Å². The molecule has 0 unspecified atom stereocenters. The van der Waals surface area contributed by atoms with Crippen LogP contribution in [0.25, 0.3) is 0 Å². The van der Waals surface area contributed by atoms with Crippen LogP contribution in [0.4, 0.5) is 0 Å². The van der Waals surface area contributed by atoms with Crippen molar-refractivity contribution in [3.63, 3.8) is 0 Å². The van der Waals surface area contributed by atoms with E-state index in [9.17, 15) is 0 Å². The molecule has 0 aliphatic rings. The highest BCUT2D eigenvalue weighted by molar-refractivity contribution is 5.33. The Balaban J connectivity index is 1.78. The van der Waals surface area contributed by atoms with Crippen molar-refractivity contribution >= 4 is 0 Å². The minimum Gasteiger partial charge on any atom is -0.457 e. The fourth-order valence-corrected chi connectivity index (χ4v) is 2.50. The van der Waals surface area contributed by atoms with Gasteiger partial charge in [0.15, 0.2) is 0 Å². The number of para-hydroxylation sites is 1. The SMILES string of the molecule is CCCCCCCCc1cccc(Oc2ccccc2)c1. The lowest BCUT2D eigenvalue weighted by Gasteiger charge is -2.07. The summed E-state index contributed by atoms with van der Waals surface area (Å²) in [5, 5.41) is 0. The van der Waals surface area contributed by atoms with Crippen molar-refractivity contribution in [3.8, 4) is 11.5 Å². The van der Waals surface area contributed by atoms with E-state index < -0.39 is 0 Å². The molecule has 0 heterocycles. The number of hydrogen-bond donors (Lipinski definition) is 0. The molecule has 0 radical (unpaired) electrons. The summed E-state index contributed by atoms with van der Waals surface area (Å²) >= 11 is 0. The summed E-state index contributed by atoms with van der Waals surface area (Å²) in [5.41, 5.74) is 1.37. The summed E-state index contributed by atoms with van der Waals surface area (Å²) in [6.07, 6.45) is 9.21. The third-order valence-corrected chi connectivity index (χ3v) is 3.70. The molecule has 0 spiro atoms. The number of hydrogen-bond acceptors (Lipinski definition) is 1. The molecule has 0 fully saturated rings. The minimum absolute atomic E-state index is 0.897. The second kappa shape index (κ2) is 9.23. The van der Waals surface area contributed by atoms with Gasteiger partial charge in [-0.1, -0.05) is 69.4 Å². The van der Waals surface area contributed by atoms with Crippen LogP contribution in [0.15, 0.2) is 54.6 Å². The van der Waals surface area contributed by atoms with Gasteiger partial charge in [-0.25, -0.2) is 0 Å². The van der Waals surface area contributed by atoms with E-state index in [4.69, 9.17) is 4.74 Å². The highest BCUT2D eigenvalue weighted by Gasteiger charge is 1.99. The Kier molecular flexibility index (Phi) is 6.87. The van der Waals surface area contributed by atoms with Crippen LogP contribution in [0.5, 0.6) is 11.5 Å². The monoisotopic (exact) mass is 282 g/mol. The lowest BCUT2D eigenvalue weighted by atomic mass is 10.0. The van der Waals surface area contributed by atoms with Gasteiger partial charge in [-0.05, 0) is 42.7 Å². The first kappa shape index (κ1) is 15.6. The first-order chi connectivity index (χ1) is 10.4. The molecule has 2 aromatic carbocycles. The molecule has 0 saturated carbocycles. The normalized spacial score (nSPS) is 10.5. The minimum atomic E-state index is 0.897. The molecule has 0 amide bonds. The average Bonchev–Trinajstić information content (AvgIpc) is 2.52. The van der Waals surface area contributed by atoms with Crippen LogP contribution in [-0.4, -0.2) is 0 Å². The predicted octanol–water partition coefficient (Wildman–Crippen LogP) is 6.38. The Bertz CT molecular complexity index is 504. The second-order valence-corrected chi connectivity index (χ2v) is 5.58. The molecule has 1 heteroatoms. The van der Waals surface area contributed by atoms with E-state index in [2.05, 4.69) is 25.1 Å². The van der Waals surface area contributed by atoms with E-state index in [0.717, 1.165) is 17.9 Å². The van der Waals surface area contributed by atoms with Gasteiger partial charge >= 0.3 is 0 Å². The zero-order valence-corrected chi connectivity index (χ0v) is 13.1. The van der Waals surface area contributed by atoms with Gasteiger partial charge in [0.2, 0.25) is 0 Å². The largest absolute Gasteiger partial charge is 0.457 e. The van der Waals surface area contributed by atoms with Gasteiger partial charge in [0, 0.05) is 0 Å². The van der Waals surface area contributed by atoms with Crippen LogP contribution in [0.3, 0.4) is 0 Å². The van der Waals surface area contributed by atoms with E-state index in [1.807, 2.05) is 36.4 Å². The molecule has 0 aliphatic heterocycles. The molecular formula is C20H26O. The molecule has 0 aromatic heterocycles. The Morgan fingerprint density at radius 1 is 0.714 bits per heavy atom. The summed E-state index contributed by atoms with van der Waals surface area (Å²) in [7, 11) is 0. The van der Waals surface area contributed by atoms with Crippen molar-refractivity contribution in [1.29, 1.82) is 0 Å². The Labute approximate surface area is 129 Å². The first-order valence-electron chi connectivity index (χ1n) is 8.20. The van der Waals surface area contributed by atoms with Gasteiger partial charge in [0.25, 0.3) is 0 Å². The number of ether oxygens (including phenoxy) is 1. The Morgan fingerprint density at radius 2 is 1.43 bits per heavy atom. The third-order valence-electron chi connectivity index (χ3n) is 3.70. The standard InChI is InChI=1S/C20H26O/c1-2-3-4-5-6-8-12-18-13-11-16-20(17-18)21-19-14-9-7-10-15-19/h7,9-11,13-17H,2-6,8,12H2,1H3. The molecule has 0 N–H and O–H groups in total. The summed E-state index contributed by atoms with van der Waals surface area (Å²) in [5.74, 6) is 1.83. The summed E-state index contributed by atoms with van der Waals surface area (Å²) in [6, 6.07) is 18.4. The van der Waals surface area contributed by atoms with Crippen LogP contribution in [0.1, 0.15) is 51.0 Å². The van der Waals surface area contributed by atoms with Crippen LogP contribution >= 0.6 is 0 Å². The summed E-state index contributed by atoms with van der Waals surface area (Å²) in [4.78, 5) is 0. The van der Waals surface area contributed by atoms with Crippen LogP contribution in [-0.2, 0) is 6.42 Å². The second-order valence-electron chi connectivity index (χ2n) is 5.58. The van der Waals surface area contributed by atoms with Crippen molar-refractivity contribution in [2.24, 2.45) is 0 Å². The molecule has 2 rings (SSSR count). The van der Waals surface area contributed by atoms with Crippen molar-refractivity contribution in [3.05, 3.63) is 60.2 Å². The Hall–Kier alpha value is -1.76. The smallest absolute Gasteiger partial charge is 0.127 e. The zero-order chi connectivity index (χ0) is 14.8. The maximum atomic E-state index is 5.88. The van der Waals surface area contributed by atoms with E-state index in [0.29, 0.717) is 0 Å². The highest BCUT2D eigenvalue weighted by Crippen LogP contribution is 2.22. The van der Waals surface area contributed by atoms with Gasteiger partial charge in [0.05, 0.1) is 0 Å². The van der Waals surface area contributed by atoms with Crippen molar-refractivity contribution in [1.82, 2.24) is 0 Å². The van der Waals surface area contributed by atoms with Crippen LogP contribution < -0.4 is 4.74 Å².